The van der Waals surface area contributed by atoms with Gasteiger partial charge in [-0.25, -0.2) is 4.39 Å². The Bertz CT molecular complexity index is 762. The van der Waals surface area contributed by atoms with Crippen molar-refractivity contribution in [3.8, 4) is 22.5 Å². The van der Waals surface area contributed by atoms with Gasteiger partial charge in [-0.2, -0.15) is 5.10 Å². The van der Waals surface area contributed by atoms with E-state index in [4.69, 9.17) is 5.73 Å². The van der Waals surface area contributed by atoms with Gasteiger partial charge in [-0.15, -0.1) is 0 Å². The molecule has 0 fully saturated rings. The number of nitrogens with two attached hydrogens (primary N) is 1. The van der Waals surface area contributed by atoms with Crippen molar-refractivity contribution in [2.75, 3.05) is 0 Å². The van der Waals surface area contributed by atoms with Crippen LogP contribution in [-0.2, 0) is 13.6 Å². The number of nitrogens with zero attached hydrogens (tertiary/aromatic N) is 3. The monoisotopic (exact) mass is 282 g/mol. The second-order valence-electron chi connectivity index (χ2n) is 4.81. The summed E-state index contributed by atoms with van der Waals surface area (Å²) in [6.07, 6.45) is 3.64. The number of aromatic nitrogens is 3. The minimum Gasteiger partial charge on any atom is -0.326 e. The van der Waals surface area contributed by atoms with E-state index in [0.717, 1.165) is 28.1 Å². The molecule has 1 aromatic carbocycles. The number of rotatable bonds is 3. The minimum absolute atomic E-state index is 0.262. The molecule has 0 spiro atoms. The Kier molecular flexibility index (Phi) is 3.50. The van der Waals surface area contributed by atoms with Gasteiger partial charge in [0.1, 0.15) is 5.82 Å². The van der Waals surface area contributed by atoms with Crippen LogP contribution in [0.25, 0.3) is 22.5 Å². The summed E-state index contributed by atoms with van der Waals surface area (Å²) in [5.41, 5.74) is 10.1. The third-order valence-corrected chi connectivity index (χ3v) is 3.34. The first-order chi connectivity index (χ1) is 10.2. The first-order valence-electron chi connectivity index (χ1n) is 6.62. The van der Waals surface area contributed by atoms with Crippen LogP contribution in [0.2, 0.25) is 0 Å². The Labute approximate surface area is 122 Å². The quantitative estimate of drug-likeness (QED) is 0.803. The van der Waals surface area contributed by atoms with Gasteiger partial charge in [-0.05, 0) is 42.0 Å². The van der Waals surface area contributed by atoms with Crippen LogP contribution in [0.1, 0.15) is 5.56 Å². The van der Waals surface area contributed by atoms with E-state index in [2.05, 4.69) is 10.1 Å². The maximum absolute atomic E-state index is 13.0. The second kappa shape index (κ2) is 5.46. The van der Waals surface area contributed by atoms with Crippen LogP contribution in [0, 0.1) is 5.82 Å². The van der Waals surface area contributed by atoms with Crippen molar-refractivity contribution in [1.82, 2.24) is 14.8 Å². The Hall–Kier alpha value is -2.53. The molecule has 21 heavy (non-hydrogen) atoms. The molecular formula is C16H15FN4. The fraction of sp³-hybridized carbons (Fsp3) is 0.125. The topological polar surface area (TPSA) is 56.7 Å². The average Bonchev–Trinajstić information content (AvgIpc) is 2.94. The van der Waals surface area contributed by atoms with Gasteiger partial charge in [0.05, 0.1) is 11.4 Å². The zero-order valence-corrected chi connectivity index (χ0v) is 11.6. The first-order valence-corrected chi connectivity index (χ1v) is 6.62. The summed E-state index contributed by atoms with van der Waals surface area (Å²) in [6, 6.07) is 10.1. The molecule has 2 heterocycles. The van der Waals surface area contributed by atoms with E-state index in [1.165, 1.54) is 12.1 Å². The van der Waals surface area contributed by atoms with E-state index in [1.54, 1.807) is 23.0 Å². The van der Waals surface area contributed by atoms with Crippen LogP contribution in [-0.4, -0.2) is 14.8 Å². The summed E-state index contributed by atoms with van der Waals surface area (Å²) < 4.78 is 14.8. The average molecular weight is 282 g/mol. The number of pyridine rings is 1. The number of hydrogen-bond donors (Lipinski definition) is 1. The molecule has 0 saturated heterocycles. The summed E-state index contributed by atoms with van der Waals surface area (Å²) in [7, 11) is 1.87. The molecule has 0 radical (unpaired) electrons. The predicted molar refractivity (Wildman–Crippen MR) is 79.7 cm³/mol. The highest BCUT2D eigenvalue weighted by atomic mass is 19.1. The molecule has 0 bridgehead atoms. The van der Waals surface area contributed by atoms with Crippen LogP contribution in [0.3, 0.4) is 0 Å². The Morgan fingerprint density at radius 2 is 1.90 bits per heavy atom. The van der Waals surface area contributed by atoms with Crippen LogP contribution >= 0.6 is 0 Å². The highest BCUT2D eigenvalue weighted by molar-refractivity contribution is 5.70. The van der Waals surface area contributed by atoms with Gasteiger partial charge in [-0.3, -0.25) is 9.67 Å². The van der Waals surface area contributed by atoms with E-state index >= 15 is 0 Å². The van der Waals surface area contributed by atoms with E-state index in [9.17, 15) is 4.39 Å². The molecule has 106 valence electrons. The van der Waals surface area contributed by atoms with Crippen LogP contribution in [0.5, 0.6) is 0 Å². The Morgan fingerprint density at radius 3 is 2.52 bits per heavy atom. The van der Waals surface area contributed by atoms with Gasteiger partial charge in [0.15, 0.2) is 0 Å². The molecule has 3 rings (SSSR count). The molecule has 0 saturated carbocycles. The van der Waals surface area contributed by atoms with Gasteiger partial charge in [0, 0.05) is 37.1 Å². The number of aryl methyl sites for hydroxylation is 1. The molecule has 0 aliphatic carbocycles. The largest absolute Gasteiger partial charge is 0.326 e. The van der Waals surface area contributed by atoms with Gasteiger partial charge in [0.25, 0.3) is 0 Å². The molecule has 0 atom stereocenters. The van der Waals surface area contributed by atoms with Crippen molar-refractivity contribution in [3.63, 3.8) is 0 Å². The van der Waals surface area contributed by atoms with Gasteiger partial charge in [-0.1, -0.05) is 0 Å². The maximum atomic E-state index is 13.0. The SMILES string of the molecule is Cn1ccc(-c2cc(-c3ccc(F)cc3)ncc2CN)n1. The van der Waals surface area contributed by atoms with Gasteiger partial charge in [0.2, 0.25) is 0 Å². The van der Waals surface area contributed by atoms with Crippen molar-refractivity contribution in [3.05, 3.63) is 60.2 Å². The first kappa shape index (κ1) is 13.5. The molecule has 2 N–H and O–H groups in total. The lowest BCUT2D eigenvalue weighted by atomic mass is 10.0. The maximum Gasteiger partial charge on any atom is 0.123 e. The van der Waals surface area contributed by atoms with Crippen molar-refractivity contribution in [2.45, 2.75) is 6.54 Å². The molecule has 0 amide bonds. The third-order valence-electron chi connectivity index (χ3n) is 3.34. The third kappa shape index (κ3) is 2.68. The smallest absolute Gasteiger partial charge is 0.123 e. The Morgan fingerprint density at radius 1 is 1.14 bits per heavy atom. The standard InChI is InChI=1S/C16H15FN4/c1-21-7-6-15(20-21)14-8-16(19-10-12(14)9-18)11-2-4-13(17)5-3-11/h2-8,10H,9,18H2,1H3. The molecule has 0 unspecified atom stereocenters. The van der Waals surface area contributed by atoms with Gasteiger partial charge >= 0.3 is 0 Å². The lowest BCUT2D eigenvalue weighted by Crippen LogP contribution is -2.01. The summed E-state index contributed by atoms with van der Waals surface area (Å²) >= 11 is 0. The van der Waals surface area contributed by atoms with Crippen LogP contribution in [0.4, 0.5) is 4.39 Å². The van der Waals surface area contributed by atoms with E-state index in [0.29, 0.717) is 6.54 Å². The van der Waals surface area contributed by atoms with Crippen LogP contribution in [0.15, 0.2) is 48.8 Å². The predicted octanol–water partition coefficient (Wildman–Crippen LogP) is 2.75. The molecular weight excluding hydrogens is 267 g/mol. The van der Waals surface area contributed by atoms with E-state index < -0.39 is 0 Å². The summed E-state index contributed by atoms with van der Waals surface area (Å²) in [6.45, 7) is 0.391. The lowest BCUT2D eigenvalue weighted by Gasteiger charge is -2.08. The van der Waals surface area contributed by atoms with Crippen LogP contribution < -0.4 is 5.73 Å². The molecule has 4 nitrogen and oxygen atoms in total. The normalized spacial score (nSPS) is 10.8. The zero-order valence-electron chi connectivity index (χ0n) is 11.6. The molecule has 3 aromatic rings. The number of halogens is 1. The fourth-order valence-corrected chi connectivity index (χ4v) is 2.22. The molecule has 0 aliphatic rings. The summed E-state index contributed by atoms with van der Waals surface area (Å²) in [4.78, 5) is 4.41. The second-order valence-corrected chi connectivity index (χ2v) is 4.81. The zero-order chi connectivity index (χ0) is 14.8. The Balaban J connectivity index is 2.10. The van der Waals surface area contributed by atoms with Crippen molar-refractivity contribution in [2.24, 2.45) is 12.8 Å². The summed E-state index contributed by atoms with van der Waals surface area (Å²) in [5.74, 6) is -0.262. The van der Waals surface area contributed by atoms with E-state index in [1.807, 2.05) is 25.4 Å². The lowest BCUT2D eigenvalue weighted by molar-refractivity contribution is 0.628. The highest BCUT2D eigenvalue weighted by Crippen LogP contribution is 2.26. The number of hydrogen-bond acceptors (Lipinski definition) is 3. The molecule has 0 aliphatic heterocycles. The summed E-state index contributed by atoms with van der Waals surface area (Å²) in [5, 5.41) is 4.41. The molecule has 2 aromatic heterocycles. The highest BCUT2D eigenvalue weighted by Gasteiger charge is 2.10. The number of benzene rings is 1. The van der Waals surface area contributed by atoms with Gasteiger partial charge < -0.3 is 5.73 Å². The van der Waals surface area contributed by atoms with E-state index in [-0.39, 0.29) is 5.82 Å². The minimum atomic E-state index is -0.262. The van der Waals surface area contributed by atoms with Crippen molar-refractivity contribution >= 4 is 0 Å². The van der Waals surface area contributed by atoms with Crippen molar-refractivity contribution < 1.29 is 4.39 Å². The fourth-order valence-electron chi connectivity index (χ4n) is 2.22. The molecule has 5 heteroatoms. The van der Waals surface area contributed by atoms with Crippen molar-refractivity contribution in [1.29, 1.82) is 0 Å².